The summed E-state index contributed by atoms with van der Waals surface area (Å²) >= 11 is 0. The van der Waals surface area contributed by atoms with Crippen molar-refractivity contribution in [1.82, 2.24) is 79.4 Å². The van der Waals surface area contributed by atoms with Crippen molar-refractivity contribution >= 4 is 135 Å². The van der Waals surface area contributed by atoms with Crippen molar-refractivity contribution in [1.29, 1.82) is 0 Å². The van der Waals surface area contributed by atoms with E-state index in [1.807, 2.05) is 16.0 Å². The summed E-state index contributed by atoms with van der Waals surface area (Å²) in [6.07, 6.45) is -1.64. The minimum absolute atomic E-state index is 0.00217. The fraction of sp³-hybridized carbons (Fsp3) is 0.506. The van der Waals surface area contributed by atoms with Crippen LogP contribution in [0.15, 0.2) is 85.1 Å². The number of aromatic amines is 1. The molecule has 14 atom stereocenters. The number of hydrogen-bond donors (Lipinski definition) is 23. The highest BCUT2D eigenvalue weighted by Gasteiger charge is 2.41. The molecule has 1 aliphatic heterocycles. The number of carboxylic acids is 3. The zero-order valence-corrected chi connectivity index (χ0v) is 69.5. The zero-order chi connectivity index (χ0) is 92.6. The van der Waals surface area contributed by atoms with Crippen molar-refractivity contribution in [3.05, 3.63) is 102 Å². The second-order valence-electron chi connectivity index (χ2n) is 30.0. The van der Waals surface area contributed by atoms with Gasteiger partial charge in [0.1, 0.15) is 72.6 Å². The molecule has 1 unspecified atom stereocenters. The molecular formula is C81H112N18O26. The number of ether oxygens (including phenoxy) is 1. The molecule has 0 spiro atoms. The number of cyclic esters (lactones) is 1. The van der Waals surface area contributed by atoms with Gasteiger partial charge in [0.2, 0.25) is 88.6 Å². The van der Waals surface area contributed by atoms with Crippen LogP contribution in [0.25, 0.3) is 10.9 Å². The Morgan fingerprint density at radius 1 is 0.544 bits per heavy atom. The van der Waals surface area contributed by atoms with Gasteiger partial charge in [-0.05, 0) is 81.2 Å². The van der Waals surface area contributed by atoms with Crippen LogP contribution in [0.3, 0.4) is 0 Å². The summed E-state index contributed by atoms with van der Waals surface area (Å²) in [5.41, 5.74) is 19.4. The second-order valence-corrected chi connectivity index (χ2v) is 30.0. The molecule has 15 amide bonds. The van der Waals surface area contributed by atoms with Gasteiger partial charge < -0.3 is 127 Å². The van der Waals surface area contributed by atoms with E-state index in [1.54, 1.807) is 60.8 Å². The maximum absolute atomic E-state index is 15.0. The molecule has 1 aliphatic rings. The van der Waals surface area contributed by atoms with Gasteiger partial charge in [-0.25, -0.2) is 4.79 Å². The molecule has 3 aromatic carbocycles. The van der Waals surface area contributed by atoms with Crippen molar-refractivity contribution < 1.29 is 126 Å². The number of carbonyl (C=O) groups excluding carboxylic acids is 17. The normalized spacial score (nSPS) is 20.6. The summed E-state index contributed by atoms with van der Waals surface area (Å²) in [5, 5.41) is 82.7. The molecule has 0 saturated carbocycles. The molecule has 26 N–H and O–H groups in total. The third-order valence-corrected chi connectivity index (χ3v) is 19.8. The zero-order valence-electron chi connectivity index (χ0n) is 69.5. The van der Waals surface area contributed by atoms with E-state index in [-0.39, 0.29) is 43.5 Å². The third-order valence-electron chi connectivity index (χ3n) is 19.8. The van der Waals surface area contributed by atoms with Gasteiger partial charge >= 0.3 is 23.9 Å². The first kappa shape index (κ1) is 102. The first-order valence-electron chi connectivity index (χ1n) is 40.6. The van der Waals surface area contributed by atoms with Crippen molar-refractivity contribution in [2.75, 3.05) is 38.6 Å². The molecule has 5 rings (SSSR count). The Bertz CT molecular complexity index is 4490. The number of esters is 1. The number of aliphatic hydroxyl groups is 2. The number of carboxylic acid groups (broad SMARTS) is 3. The maximum atomic E-state index is 15.0. The van der Waals surface area contributed by atoms with E-state index in [0.29, 0.717) is 34.9 Å². The number of unbranched alkanes of at least 4 members (excludes halogenated alkanes) is 6. The molecular weight excluding hydrogens is 1640 g/mol. The summed E-state index contributed by atoms with van der Waals surface area (Å²) in [5.74, 6) is -28.1. The number of aromatic nitrogens is 1. The highest BCUT2D eigenvalue weighted by molar-refractivity contribution is 6.05. The van der Waals surface area contributed by atoms with Gasteiger partial charge in [-0.3, -0.25) is 91.1 Å². The summed E-state index contributed by atoms with van der Waals surface area (Å²) in [6.45, 7) is 0.101. The molecule has 682 valence electrons. The smallest absolute Gasteiger partial charge is 0.329 e. The number of Topliss-reactive ketones (excluding diaryl/α,β-unsaturated/α-hetero) is 1. The fourth-order valence-corrected chi connectivity index (χ4v) is 13.0. The van der Waals surface area contributed by atoms with Crippen molar-refractivity contribution in [3.8, 4) is 0 Å². The minimum atomic E-state index is -2.38. The summed E-state index contributed by atoms with van der Waals surface area (Å²) < 4.78 is 5.77. The number of aliphatic hydroxyl groups excluding tert-OH is 2. The fourth-order valence-electron chi connectivity index (χ4n) is 13.0. The highest BCUT2D eigenvalue weighted by Crippen LogP contribution is 2.22. The van der Waals surface area contributed by atoms with E-state index >= 15 is 0 Å². The summed E-state index contributed by atoms with van der Waals surface area (Å²) in [6, 6.07) is -2.59. The lowest BCUT2D eigenvalue weighted by Gasteiger charge is -2.30. The Labute approximate surface area is 717 Å². The number of nitrogens with two attached hydrogens (primary N) is 3. The number of aliphatic carboxylic acids is 3. The summed E-state index contributed by atoms with van der Waals surface area (Å²) in [4.78, 5) is 280. The standard InChI is InChI=1S/C81H112N18O26/c1-5-6-7-8-9-10-14-27-62(104)91-54(33-46-38-86-51-25-18-16-22-47(46)51)76(119)95-55(35-61(84)103)77(120)93-53(28-30-100)74(117)99-69-44(4)125-81(124)58(34-60(102)48-23-15-17-24-49(48)82)97-80(123)68(42(2)31-65(107)108)98-78(121)59(41-101)92-64(106)39-87-72(115)56(36-66(109)110)94-70(113)43(3)89-75(118)57(37-67(111)112)96-73(116)52(90-63(105)40-88-79(69)122)26-19-29-85-71(114)50(83)32-45-20-12-11-13-21-45/h11-13,15-18,20-25,38,42-44,50,52-59,68-69,86,100-101H,5-10,14,19,26-37,39-41,82-83H2,1-4H3,(H2,84,103)(H,85,114)(H,87,115)(H,88,122)(H,89,118)(H,90,105)(H,91,104)(H,92,106)(H,93,120)(H,94,113)(H,95,119)(H,96,116)(H,97,123)(H,98,121)(H,99,117)(H,107,108)(H,109,110)(H,111,112)/t42-,43-,44-,50?,52+,53+,54+,55+,56+,57+,58+,59-,68+,69+/m1/s1. The molecule has 0 bridgehead atoms. The average Bonchev–Trinajstić information content (AvgIpc) is 1.64. The number of nitrogens with one attached hydrogen (secondary N) is 15. The number of fused-ring (bicyclic) bond motifs is 1. The van der Waals surface area contributed by atoms with Crippen LogP contribution in [0.1, 0.15) is 152 Å². The van der Waals surface area contributed by atoms with Crippen LogP contribution in [0.2, 0.25) is 0 Å². The molecule has 0 radical (unpaired) electrons. The van der Waals surface area contributed by atoms with E-state index in [9.17, 15) is 121 Å². The van der Waals surface area contributed by atoms with Gasteiger partial charge in [0.15, 0.2) is 5.78 Å². The molecule has 2 heterocycles. The maximum Gasteiger partial charge on any atom is 0.329 e. The number of para-hydroxylation sites is 2. The molecule has 44 heteroatoms. The average molecular weight is 1750 g/mol. The predicted octanol–water partition coefficient (Wildman–Crippen LogP) is -4.99. The third kappa shape index (κ3) is 35.1. The largest absolute Gasteiger partial charge is 0.481 e. The van der Waals surface area contributed by atoms with Gasteiger partial charge in [0, 0.05) is 60.8 Å². The number of primary amides is 1. The van der Waals surface area contributed by atoms with E-state index in [1.165, 1.54) is 24.3 Å². The molecule has 1 fully saturated rings. The lowest BCUT2D eigenvalue weighted by atomic mass is 9.96. The topological polar surface area (TPSA) is 714 Å². The SMILES string of the molecule is CCCCCCCCCC(=O)N[C@@H](Cc1c[nH]c2ccccc12)C(=O)N[C@@H](CC(N)=O)C(=O)N[C@@H](CCO)C(=O)N[C@@H]1C(=O)NCC(=O)N[C@@H](CCCNC(=O)C(N)Cc2ccccc2)C(=O)N[C@@H](CC(=O)O)C(=O)N[C@H](C)C(=O)N[C@@H](CC(=O)O)C(=O)NCC(=O)N[C@H](CO)C(=O)N[C@@H]([C@H](C)CC(=O)O)C(=O)N[C@@H](CC(=O)c2ccccc2N)C(=O)O[C@@H]1C. The van der Waals surface area contributed by atoms with E-state index in [0.717, 1.165) is 52.9 Å². The van der Waals surface area contributed by atoms with Crippen LogP contribution in [0.4, 0.5) is 5.69 Å². The lowest BCUT2D eigenvalue weighted by molar-refractivity contribution is -0.156. The first-order valence-corrected chi connectivity index (χ1v) is 40.6. The molecule has 125 heavy (non-hydrogen) atoms. The second kappa shape index (κ2) is 52.1. The molecule has 1 saturated heterocycles. The van der Waals surface area contributed by atoms with Gasteiger partial charge in [0.05, 0.1) is 51.4 Å². The van der Waals surface area contributed by atoms with E-state index in [4.69, 9.17) is 21.9 Å². The molecule has 44 nitrogen and oxygen atoms in total. The minimum Gasteiger partial charge on any atom is -0.481 e. The number of H-pyrrole nitrogens is 1. The quantitative estimate of drug-likeness (QED) is 0.00861. The first-order chi connectivity index (χ1) is 59.3. The monoisotopic (exact) mass is 1750 g/mol. The Balaban J connectivity index is 1.62. The Kier molecular flexibility index (Phi) is 42.5. The lowest BCUT2D eigenvalue weighted by Crippen LogP contribution is -2.61. The van der Waals surface area contributed by atoms with Crippen molar-refractivity contribution in [3.63, 3.8) is 0 Å². The molecule has 1 aromatic heterocycles. The Morgan fingerprint density at radius 2 is 1.11 bits per heavy atom. The van der Waals surface area contributed by atoms with E-state index < -0.39 is 274 Å². The number of ketones is 1. The van der Waals surface area contributed by atoms with Gasteiger partial charge in [-0.15, -0.1) is 0 Å². The van der Waals surface area contributed by atoms with Gasteiger partial charge in [-0.1, -0.05) is 113 Å². The van der Waals surface area contributed by atoms with Crippen LogP contribution in [0.5, 0.6) is 0 Å². The Morgan fingerprint density at radius 3 is 1.74 bits per heavy atom. The number of benzene rings is 3. The Hall–Kier alpha value is -13.5. The van der Waals surface area contributed by atoms with Crippen LogP contribution < -0.4 is 91.6 Å². The number of amides is 15. The number of carbonyl (C=O) groups is 20. The number of anilines is 1. The molecule has 4 aromatic rings. The van der Waals surface area contributed by atoms with Crippen LogP contribution in [0, 0.1) is 5.92 Å². The highest BCUT2D eigenvalue weighted by atomic mass is 16.5. The summed E-state index contributed by atoms with van der Waals surface area (Å²) in [7, 11) is 0. The number of nitrogen functional groups attached to an aromatic ring is 1. The predicted molar refractivity (Wildman–Crippen MR) is 442 cm³/mol. The van der Waals surface area contributed by atoms with E-state index in [2.05, 4.69) is 70.4 Å². The number of rotatable bonds is 39. The van der Waals surface area contributed by atoms with Gasteiger partial charge in [0.25, 0.3) is 0 Å². The van der Waals surface area contributed by atoms with Crippen LogP contribution in [-0.4, -0.2) is 260 Å². The van der Waals surface area contributed by atoms with Crippen LogP contribution >= 0.6 is 0 Å². The molecule has 0 aliphatic carbocycles. The number of hydrogen-bond acceptors (Lipinski definition) is 25. The van der Waals surface area contributed by atoms with Gasteiger partial charge in [-0.2, -0.15) is 0 Å². The van der Waals surface area contributed by atoms with Crippen molar-refractivity contribution in [2.24, 2.45) is 17.4 Å². The van der Waals surface area contributed by atoms with Crippen LogP contribution in [-0.2, 0) is 109 Å². The van der Waals surface area contributed by atoms with Crippen molar-refractivity contribution in [2.45, 2.75) is 222 Å².